The zero-order valence-corrected chi connectivity index (χ0v) is 16.4. The number of amides is 2. The van der Waals surface area contributed by atoms with Gasteiger partial charge in [0.25, 0.3) is 0 Å². The number of carbonyl (C=O) groups excluding carboxylic acids is 3. The SMILES string of the molecule is [B]C(=O)CNC(=O)[C@H](CCCCN(CC)CC)NC(=O)[C@@H](NO)C(C)C. The number of rotatable bonds is 14. The molecule has 148 valence electrons. The van der Waals surface area contributed by atoms with Gasteiger partial charge < -0.3 is 25.5 Å². The van der Waals surface area contributed by atoms with E-state index in [4.69, 9.17) is 13.1 Å². The second-order valence-electron chi connectivity index (χ2n) is 6.62. The Kier molecular flexibility index (Phi) is 13.0. The first kappa shape index (κ1) is 24.6. The highest BCUT2D eigenvalue weighted by Gasteiger charge is 2.27. The van der Waals surface area contributed by atoms with E-state index in [0.29, 0.717) is 6.42 Å². The fourth-order valence-electron chi connectivity index (χ4n) is 2.56. The van der Waals surface area contributed by atoms with E-state index in [-0.39, 0.29) is 12.5 Å². The third-order valence-electron chi connectivity index (χ3n) is 4.27. The fourth-order valence-corrected chi connectivity index (χ4v) is 2.56. The minimum Gasteiger partial charge on any atom is -0.348 e. The summed E-state index contributed by atoms with van der Waals surface area (Å²) in [5.41, 5.74) is 1.32. The van der Waals surface area contributed by atoms with Crippen molar-refractivity contribution < 1.29 is 19.6 Å². The van der Waals surface area contributed by atoms with E-state index in [1.807, 2.05) is 5.48 Å². The number of hydrogen-bond donors (Lipinski definition) is 4. The van der Waals surface area contributed by atoms with Gasteiger partial charge in [0.2, 0.25) is 11.8 Å². The van der Waals surface area contributed by atoms with Gasteiger partial charge in [0.15, 0.2) is 7.85 Å². The monoisotopic (exact) mass is 368 g/mol. The Labute approximate surface area is 157 Å². The predicted octanol–water partition coefficient (Wildman–Crippen LogP) is -0.202. The molecule has 2 atom stereocenters. The van der Waals surface area contributed by atoms with Crippen LogP contribution < -0.4 is 16.1 Å². The van der Waals surface area contributed by atoms with E-state index in [1.165, 1.54) is 0 Å². The van der Waals surface area contributed by atoms with Crippen LogP contribution in [0.2, 0.25) is 0 Å². The van der Waals surface area contributed by atoms with E-state index >= 15 is 0 Å². The molecule has 0 bridgehead atoms. The van der Waals surface area contributed by atoms with Crippen LogP contribution in [0.25, 0.3) is 0 Å². The van der Waals surface area contributed by atoms with Gasteiger partial charge in [-0.05, 0) is 44.8 Å². The van der Waals surface area contributed by atoms with E-state index in [0.717, 1.165) is 32.5 Å². The average Bonchev–Trinajstić information content (AvgIpc) is 2.58. The summed E-state index contributed by atoms with van der Waals surface area (Å²) in [6.07, 6.45) is 2.07. The van der Waals surface area contributed by atoms with Crippen LogP contribution in [0.3, 0.4) is 0 Å². The molecular formula is C17H33BN4O4. The quantitative estimate of drug-likeness (QED) is 0.192. The summed E-state index contributed by atoms with van der Waals surface area (Å²) >= 11 is 0. The lowest BCUT2D eigenvalue weighted by atomic mass is 10.0. The lowest BCUT2D eigenvalue weighted by molar-refractivity contribution is -0.132. The van der Waals surface area contributed by atoms with Gasteiger partial charge in [-0.1, -0.05) is 27.7 Å². The van der Waals surface area contributed by atoms with Gasteiger partial charge >= 0.3 is 0 Å². The summed E-state index contributed by atoms with van der Waals surface area (Å²) in [4.78, 5) is 37.7. The van der Waals surface area contributed by atoms with Crippen molar-refractivity contribution in [3.8, 4) is 0 Å². The molecule has 0 aliphatic rings. The van der Waals surface area contributed by atoms with Crippen molar-refractivity contribution in [3.63, 3.8) is 0 Å². The van der Waals surface area contributed by atoms with E-state index in [9.17, 15) is 14.4 Å². The Balaban J connectivity index is 4.75. The first-order valence-corrected chi connectivity index (χ1v) is 9.25. The fraction of sp³-hybridized carbons (Fsp3) is 0.824. The average molecular weight is 368 g/mol. The molecule has 0 aromatic rings. The Morgan fingerprint density at radius 3 is 2.15 bits per heavy atom. The molecular weight excluding hydrogens is 335 g/mol. The van der Waals surface area contributed by atoms with Crippen LogP contribution >= 0.6 is 0 Å². The van der Waals surface area contributed by atoms with Crippen molar-refractivity contribution in [1.82, 2.24) is 21.0 Å². The standard InChI is InChI=1S/C17H33BN4O4/c1-5-22(6-2)10-8-7-9-13(16(24)19-11-14(18)23)20-17(25)15(21-26)12(3)4/h12-13,15,21,26H,5-11H2,1-4H3,(H,19,24)(H,20,25)/t13-,15-/m0/s1. The first-order chi connectivity index (χ1) is 12.3. The highest BCUT2D eigenvalue weighted by molar-refractivity contribution is 6.58. The topological polar surface area (TPSA) is 111 Å². The number of hydroxylamine groups is 1. The maximum absolute atomic E-state index is 12.3. The maximum Gasteiger partial charge on any atom is 0.242 e. The summed E-state index contributed by atoms with van der Waals surface area (Å²) < 4.78 is 0. The molecule has 0 aliphatic heterocycles. The minimum absolute atomic E-state index is 0.156. The van der Waals surface area contributed by atoms with Gasteiger partial charge in [0.05, 0.1) is 12.2 Å². The number of nitrogens with one attached hydrogen (secondary N) is 3. The molecule has 2 radical (unpaired) electrons. The third kappa shape index (κ3) is 9.89. The Bertz CT molecular complexity index is 444. The van der Waals surface area contributed by atoms with Crippen molar-refractivity contribution in [2.75, 3.05) is 26.2 Å². The first-order valence-electron chi connectivity index (χ1n) is 9.25. The molecule has 0 aromatic heterocycles. The molecule has 0 rings (SSSR count). The smallest absolute Gasteiger partial charge is 0.242 e. The summed E-state index contributed by atoms with van der Waals surface area (Å²) in [7, 11) is 5.05. The van der Waals surface area contributed by atoms with Crippen LogP contribution in [0.4, 0.5) is 0 Å². The molecule has 8 nitrogen and oxygen atoms in total. The Morgan fingerprint density at radius 1 is 1.08 bits per heavy atom. The summed E-state index contributed by atoms with van der Waals surface area (Å²) in [5, 5.41) is 14.2. The molecule has 26 heavy (non-hydrogen) atoms. The highest BCUT2D eigenvalue weighted by atomic mass is 16.5. The van der Waals surface area contributed by atoms with Gasteiger partial charge in [-0.3, -0.25) is 9.59 Å². The minimum atomic E-state index is -0.822. The van der Waals surface area contributed by atoms with Crippen LogP contribution in [-0.2, 0) is 14.4 Å². The summed E-state index contributed by atoms with van der Waals surface area (Å²) in [6, 6.07) is -1.61. The Hall–Kier alpha value is -1.45. The second kappa shape index (κ2) is 13.7. The summed E-state index contributed by atoms with van der Waals surface area (Å²) in [5.74, 6) is -1.08. The van der Waals surface area contributed by atoms with Crippen molar-refractivity contribution in [3.05, 3.63) is 0 Å². The van der Waals surface area contributed by atoms with Gasteiger partial charge in [0.1, 0.15) is 12.1 Å². The van der Waals surface area contributed by atoms with Crippen molar-refractivity contribution in [2.24, 2.45) is 5.92 Å². The van der Waals surface area contributed by atoms with Crippen molar-refractivity contribution >= 4 is 25.3 Å². The van der Waals surface area contributed by atoms with Crippen LogP contribution in [0.15, 0.2) is 0 Å². The molecule has 0 fully saturated rings. The lowest BCUT2D eigenvalue weighted by Gasteiger charge is -2.24. The molecule has 0 heterocycles. The van der Waals surface area contributed by atoms with Gasteiger partial charge in [-0.15, -0.1) is 0 Å². The molecule has 0 saturated heterocycles. The van der Waals surface area contributed by atoms with E-state index < -0.39 is 29.6 Å². The Morgan fingerprint density at radius 2 is 1.69 bits per heavy atom. The molecule has 0 unspecified atom stereocenters. The number of unbranched alkanes of at least 4 members (excludes halogenated alkanes) is 1. The van der Waals surface area contributed by atoms with Crippen LogP contribution in [-0.4, -0.2) is 73.7 Å². The molecule has 0 spiro atoms. The normalized spacial score (nSPS) is 13.5. The lowest BCUT2D eigenvalue weighted by Crippen LogP contribution is -2.54. The van der Waals surface area contributed by atoms with Gasteiger partial charge in [0, 0.05) is 0 Å². The predicted molar refractivity (Wildman–Crippen MR) is 101 cm³/mol. The van der Waals surface area contributed by atoms with E-state index in [1.54, 1.807) is 13.8 Å². The molecule has 0 aromatic carbocycles. The van der Waals surface area contributed by atoms with Crippen molar-refractivity contribution in [2.45, 2.75) is 59.0 Å². The summed E-state index contributed by atoms with van der Waals surface area (Å²) in [6.45, 7) is 10.3. The molecule has 4 N–H and O–H groups in total. The van der Waals surface area contributed by atoms with Gasteiger partial charge in [-0.2, -0.15) is 5.48 Å². The largest absolute Gasteiger partial charge is 0.348 e. The molecule has 0 aliphatic carbocycles. The highest BCUT2D eigenvalue weighted by Crippen LogP contribution is 2.06. The maximum atomic E-state index is 12.3. The zero-order chi connectivity index (χ0) is 20.1. The van der Waals surface area contributed by atoms with Crippen LogP contribution in [0.5, 0.6) is 0 Å². The number of carbonyl (C=O) groups is 3. The van der Waals surface area contributed by atoms with Crippen LogP contribution in [0, 0.1) is 5.92 Å². The van der Waals surface area contributed by atoms with E-state index in [2.05, 4.69) is 29.4 Å². The van der Waals surface area contributed by atoms with Crippen LogP contribution in [0.1, 0.15) is 47.0 Å². The second-order valence-corrected chi connectivity index (χ2v) is 6.62. The van der Waals surface area contributed by atoms with Gasteiger partial charge in [-0.25, -0.2) is 0 Å². The zero-order valence-electron chi connectivity index (χ0n) is 16.4. The third-order valence-corrected chi connectivity index (χ3v) is 4.27. The number of nitrogens with zero attached hydrogens (tertiary/aromatic N) is 1. The molecule has 0 saturated carbocycles. The molecule has 2 amide bonds. The number of hydrogen-bond acceptors (Lipinski definition) is 6. The molecule has 9 heteroatoms. The van der Waals surface area contributed by atoms with Crippen molar-refractivity contribution in [1.29, 1.82) is 0 Å².